The van der Waals surface area contributed by atoms with Crippen molar-refractivity contribution in [3.05, 3.63) is 76.4 Å². The van der Waals surface area contributed by atoms with Gasteiger partial charge in [0, 0.05) is 38.8 Å². The molecule has 2 amide bonds. The number of nitrogens with zero attached hydrogens (tertiary/aromatic N) is 4. The number of fused-ring (bicyclic) bond motifs is 1. The van der Waals surface area contributed by atoms with Crippen molar-refractivity contribution in [2.24, 2.45) is 11.8 Å². The molecule has 2 saturated heterocycles. The summed E-state index contributed by atoms with van der Waals surface area (Å²) in [4.78, 5) is 42.8. The second-order valence-electron chi connectivity index (χ2n) is 8.85. The van der Waals surface area contributed by atoms with Gasteiger partial charge in [-0.3, -0.25) is 24.6 Å². The summed E-state index contributed by atoms with van der Waals surface area (Å²) in [7, 11) is 0. The number of carbonyl (C=O) groups excluding carboxylic acids is 2. The first kappa shape index (κ1) is 21.3. The Morgan fingerprint density at radius 1 is 0.879 bits per heavy atom. The van der Waals surface area contributed by atoms with Crippen LogP contribution in [0.1, 0.15) is 18.4 Å². The maximum atomic E-state index is 12.9. The fourth-order valence-corrected chi connectivity index (χ4v) is 5.11. The van der Waals surface area contributed by atoms with E-state index in [0.29, 0.717) is 31.6 Å². The van der Waals surface area contributed by atoms with Crippen LogP contribution in [0, 0.1) is 22.0 Å². The lowest BCUT2D eigenvalue weighted by Crippen LogP contribution is -2.46. The average Bonchev–Trinajstić information content (AvgIpc) is 3.10. The average molecular weight is 447 g/mol. The first-order valence-electron chi connectivity index (χ1n) is 11.4. The molecule has 2 fully saturated rings. The molecule has 0 spiro atoms. The molecule has 33 heavy (non-hydrogen) atoms. The van der Waals surface area contributed by atoms with Crippen LogP contribution in [-0.4, -0.2) is 47.8 Å². The Morgan fingerprint density at radius 2 is 1.52 bits per heavy atom. The number of anilines is 2. The zero-order valence-corrected chi connectivity index (χ0v) is 18.3. The summed E-state index contributed by atoms with van der Waals surface area (Å²) in [5, 5.41) is 11.9. The molecule has 8 nitrogen and oxygen atoms in total. The second kappa shape index (κ2) is 8.78. The fraction of sp³-hybridized carbons (Fsp3) is 0.360. The SMILES string of the molecule is O=C1[C@@H]2CC=CC[C@H]2C(=O)N1c1ccc(N2CCN(Cc3ccccc3)CC2)c([N+](=O)[O-])c1. The topological polar surface area (TPSA) is 87.0 Å². The minimum atomic E-state index is -0.422. The number of piperazine rings is 1. The van der Waals surface area contributed by atoms with Crippen molar-refractivity contribution in [2.45, 2.75) is 19.4 Å². The van der Waals surface area contributed by atoms with Crippen molar-refractivity contribution in [2.75, 3.05) is 36.0 Å². The molecular weight excluding hydrogens is 420 g/mol. The summed E-state index contributed by atoms with van der Waals surface area (Å²) in [5.74, 6) is -1.24. The molecule has 0 aromatic heterocycles. The summed E-state index contributed by atoms with van der Waals surface area (Å²) < 4.78 is 0. The van der Waals surface area contributed by atoms with Gasteiger partial charge in [0.05, 0.1) is 22.4 Å². The molecule has 8 heteroatoms. The molecule has 2 atom stereocenters. The highest BCUT2D eigenvalue weighted by Crippen LogP contribution is 2.40. The van der Waals surface area contributed by atoms with E-state index in [1.807, 2.05) is 35.3 Å². The van der Waals surface area contributed by atoms with E-state index < -0.39 is 4.92 Å². The van der Waals surface area contributed by atoms with Gasteiger partial charge in [-0.1, -0.05) is 42.5 Å². The van der Waals surface area contributed by atoms with Gasteiger partial charge >= 0.3 is 0 Å². The standard InChI is InChI=1S/C25H26N4O4/c30-24-20-8-4-5-9-21(20)25(31)28(24)19-10-11-22(23(16-19)29(32)33)27-14-12-26(13-15-27)17-18-6-2-1-3-7-18/h1-7,10-11,16,20-21H,8-9,12-15,17H2/t20-,21-/m1/s1. The number of carbonyl (C=O) groups is 2. The van der Waals surface area contributed by atoms with Crippen LogP contribution >= 0.6 is 0 Å². The first-order valence-corrected chi connectivity index (χ1v) is 11.4. The Kier molecular flexibility index (Phi) is 5.68. The van der Waals surface area contributed by atoms with Crippen molar-refractivity contribution < 1.29 is 14.5 Å². The molecule has 5 rings (SSSR count). The van der Waals surface area contributed by atoms with E-state index in [1.54, 1.807) is 12.1 Å². The Hall–Kier alpha value is -3.52. The lowest BCUT2D eigenvalue weighted by Gasteiger charge is -2.36. The number of imide groups is 1. The van der Waals surface area contributed by atoms with E-state index in [1.165, 1.54) is 11.6 Å². The maximum Gasteiger partial charge on any atom is 0.294 e. The van der Waals surface area contributed by atoms with E-state index in [0.717, 1.165) is 24.5 Å². The van der Waals surface area contributed by atoms with Crippen molar-refractivity contribution >= 4 is 28.9 Å². The fourth-order valence-electron chi connectivity index (χ4n) is 5.11. The third-order valence-electron chi connectivity index (χ3n) is 6.88. The zero-order valence-electron chi connectivity index (χ0n) is 18.3. The number of hydrogen-bond donors (Lipinski definition) is 0. The number of hydrogen-bond acceptors (Lipinski definition) is 6. The van der Waals surface area contributed by atoms with Crippen LogP contribution in [0.2, 0.25) is 0 Å². The number of nitro groups is 1. The molecule has 2 aliphatic heterocycles. The van der Waals surface area contributed by atoms with E-state index in [9.17, 15) is 19.7 Å². The van der Waals surface area contributed by atoms with Crippen LogP contribution in [-0.2, 0) is 16.1 Å². The van der Waals surface area contributed by atoms with Crippen LogP contribution < -0.4 is 9.80 Å². The van der Waals surface area contributed by atoms with Gasteiger partial charge in [-0.05, 0) is 30.5 Å². The Morgan fingerprint density at radius 3 is 2.12 bits per heavy atom. The van der Waals surface area contributed by atoms with Gasteiger partial charge in [-0.15, -0.1) is 0 Å². The van der Waals surface area contributed by atoms with Crippen LogP contribution in [0.4, 0.5) is 17.1 Å². The van der Waals surface area contributed by atoms with Gasteiger partial charge in [-0.25, -0.2) is 4.90 Å². The van der Waals surface area contributed by atoms with Crippen molar-refractivity contribution in [1.82, 2.24) is 4.90 Å². The van der Waals surface area contributed by atoms with Gasteiger partial charge in [0.1, 0.15) is 5.69 Å². The summed E-state index contributed by atoms with van der Waals surface area (Å²) >= 11 is 0. The van der Waals surface area contributed by atoms with Gasteiger partial charge < -0.3 is 4.90 Å². The monoisotopic (exact) mass is 446 g/mol. The smallest absolute Gasteiger partial charge is 0.294 e. The lowest BCUT2D eigenvalue weighted by molar-refractivity contribution is -0.384. The predicted octanol–water partition coefficient (Wildman–Crippen LogP) is 3.37. The highest BCUT2D eigenvalue weighted by atomic mass is 16.6. The van der Waals surface area contributed by atoms with Gasteiger partial charge in [-0.2, -0.15) is 0 Å². The van der Waals surface area contributed by atoms with E-state index >= 15 is 0 Å². The highest BCUT2D eigenvalue weighted by molar-refractivity contribution is 6.22. The molecule has 0 bridgehead atoms. The largest absolute Gasteiger partial charge is 0.363 e. The van der Waals surface area contributed by atoms with Gasteiger partial charge in [0.2, 0.25) is 11.8 Å². The number of benzene rings is 2. The van der Waals surface area contributed by atoms with Crippen molar-refractivity contribution in [3.63, 3.8) is 0 Å². The molecule has 0 N–H and O–H groups in total. The van der Waals surface area contributed by atoms with E-state index in [2.05, 4.69) is 17.0 Å². The molecule has 2 aromatic rings. The molecule has 0 radical (unpaired) electrons. The third kappa shape index (κ3) is 4.02. The molecule has 3 aliphatic rings. The number of amides is 2. The number of allylic oxidation sites excluding steroid dienone is 2. The Bertz CT molecular complexity index is 1080. The molecule has 170 valence electrons. The molecular formula is C25H26N4O4. The van der Waals surface area contributed by atoms with Crippen LogP contribution in [0.15, 0.2) is 60.7 Å². The number of nitro benzene ring substituents is 1. The van der Waals surface area contributed by atoms with Crippen LogP contribution in [0.5, 0.6) is 0 Å². The molecule has 0 saturated carbocycles. The number of rotatable bonds is 5. The van der Waals surface area contributed by atoms with Gasteiger partial charge in [0.15, 0.2) is 0 Å². The molecule has 1 aliphatic carbocycles. The molecule has 2 heterocycles. The van der Waals surface area contributed by atoms with E-state index in [4.69, 9.17) is 0 Å². The van der Waals surface area contributed by atoms with Crippen molar-refractivity contribution in [1.29, 1.82) is 0 Å². The Balaban J connectivity index is 1.33. The lowest BCUT2D eigenvalue weighted by atomic mass is 9.85. The maximum absolute atomic E-state index is 12.9. The van der Waals surface area contributed by atoms with Gasteiger partial charge in [0.25, 0.3) is 5.69 Å². The quantitative estimate of drug-likeness (QED) is 0.303. The summed E-state index contributed by atoms with van der Waals surface area (Å²) in [6.07, 6.45) is 4.94. The van der Waals surface area contributed by atoms with Crippen LogP contribution in [0.3, 0.4) is 0 Å². The summed E-state index contributed by atoms with van der Waals surface area (Å²) in [6.45, 7) is 3.79. The summed E-state index contributed by atoms with van der Waals surface area (Å²) in [6, 6.07) is 15.0. The first-order chi connectivity index (χ1) is 16.0. The molecule has 2 aromatic carbocycles. The zero-order chi connectivity index (χ0) is 22.9. The van der Waals surface area contributed by atoms with Crippen molar-refractivity contribution in [3.8, 4) is 0 Å². The predicted molar refractivity (Wildman–Crippen MR) is 125 cm³/mol. The minimum absolute atomic E-state index is 0.0717. The van der Waals surface area contributed by atoms with Crippen LogP contribution in [0.25, 0.3) is 0 Å². The second-order valence-corrected chi connectivity index (χ2v) is 8.85. The highest BCUT2D eigenvalue weighted by Gasteiger charge is 2.48. The minimum Gasteiger partial charge on any atom is -0.363 e. The normalized spacial score (nSPS) is 23.2. The third-order valence-corrected chi connectivity index (χ3v) is 6.88. The van der Waals surface area contributed by atoms with E-state index in [-0.39, 0.29) is 35.0 Å². The summed E-state index contributed by atoms with van der Waals surface area (Å²) in [5.41, 5.74) is 1.99. The molecule has 0 unspecified atom stereocenters. The Labute approximate surface area is 192 Å².